The monoisotopic (exact) mass is 312 g/mol. The Morgan fingerprint density at radius 1 is 1.44 bits per heavy atom. The highest BCUT2D eigenvalue weighted by Crippen LogP contribution is 2.41. The Balaban J connectivity index is 2.41. The van der Waals surface area contributed by atoms with Crippen molar-refractivity contribution < 1.29 is 9.90 Å². The van der Waals surface area contributed by atoms with E-state index in [2.05, 4.69) is 26.6 Å². The fraction of sp³-hybridized carbons (Fsp3) is 0.462. The van der Waals surface area contributed by atoms with E-state index in [1.54, 1.807) is 6.07 Å². The minimum absolute atomic E-state index is 0.127. The predicted octanol–water partition coefficient (Wildman–Crippen LogP) is 2.58. The van der Waals surface area contributed by atoms with Crippen molar-refractivity contribution in [2.75, 3.05) is 18.4 Å². The van der Waals surface area contributed by atoms with Gasteiger partial charge in [-0.05, 0) is 49.5 Å². The van der Waals surface area contributed by atoms with E-state index >= 15 is 0 Å². The maximum Gasteiger partial charge on any atom is 0.221 e. The molecular weight excluding hydrogens is 296 g/mol. The fourth-order valence-electron chi connectivity index (χ4n) is 2.40. The lowest BCUT2D eigenvalue weighted by molar-refractivity contribution is -0.114. The minimum Gasteiger partial charge on any atom is -0.506 e. The van der Waals surface area contributed by atoms with Crippen LogP contribution in [0.1, 0.15) is 31.2 Å². The highest BCUT2D eigenvalue weighted by molar-refractivity contribution is 9.10. The topological polar surface area (TPSA) is 61.4 Å². The summed E-state index contributed by atoms with van der Waals surface area (Å²) in [6.07, 6.45) is 2.02. The van der Waals surface area contributed by atoms with Gasteiger partial charge in [-0.25, -0.2) is 0 Å². The van der Waals surface area contributed by atoms with Crippen LogP contribution in [0.5, 0.6) is 5.75 Å². The number of phenolic OH excluding ortho intramolecular Hbond substituents is 1. The molecule has 1 aliphatic rings. The van der Waals surface area contributed by atoms with Gasteiger partial charge in [-0.1, -0.05) is 15.9 Å². The molecule has 2 rings (SSSR count). The molecule has 3 N–H and O–H groups in total. The summed E-state index contributed by atoms with van der Waals surface area (Å²) >= 11 is 3.52. The van der Waals surface area contributed by atoms with Gasteiger partial charge in [-0.2, -0.15) is 0 Å². The fourth-order valence-corrected chi connectivity index (χ4v) is 3.05. The van der Waals surface area contributed by atoms with Crippen molar-refractivity contribution in [2.45, 2.75) is 25.7 Å². The Labute approximate surface area is 115 Å². The lowest BCUT2D eigenvalue weighted by atomic mass is 9.88. The molecule has 1 aromatic rings. The second kappa shape index (κ2) is 5.71. The molecule has 1 heterocycles. The first kappa shape index (κ1) is 13.4. The van der Waals surface area contributed by atoms with Gasteiger partial charge in [0.15, 0.2) is 0 Å². The summed E-state index contributed by atoms with van der Waals surface area (Å²) in [5.41, 5.74) is 1.55. The van der Waals surface area contributed by atoms with Crippen LogP contribution in [0.2, 0.25) is 0 Å². The van der Waals surface area contributed by atoms with Gasteiger partial charge < -0.3 is 15.7 Å². The summed E-state index contributed by atoms with van der Waals surface area (Å²) < 4.78 is 0.941. The first-order valence-electron chi connectivity index (χ1n) is 6.09. The van der Waals surface area contributed by atoms with E-state index < -0.39 is 0 Å². The van der Waals surface area contributed by atoms with Gasteiger partial charge in [0.05, 0.1) is 5.69 Å². The van der Waals surface area contributed by atoms with Gasteiger partial charge in [0.25, 0.3) is 0 Å². The molecule has 0 aliphatic carbocycles. The summed E-state index contributed by atoms with van der Waals surface area (Å²) in [6, 6.07) is 3.43. The Kier molecular flexibility index (Phi) is 4.24. The number of carbonyl (C=O) groups excluding carboxylic acids is 1. The molecule has 0 unspecified atom stereocenters. The molecule has 1 amide bonds. The Bertz CT molecular complexity index is 457. The second-order valence-electron chi connectivity index (χ2n) is 4.56. The minimum atomic E-state index is -0.168. The second-order valence-corrected chi connectivity index (χ2v) is 5.41. The average molecular weight is 313 g/mol. The Morgan fingerprint density at radius 3 is 2.72 bits per heavy atom. The number of piperidine rings is 1. The van der Waals surface area contributed by atoms with E-state index in [1.165, 1.54) is 6.92 Å². The number of carbonyl (C=O) groups is 1. The number of halogens is 1. The number of hydrogen-bond acceptors (Lipinski definition) is 3. The summed E-state index contributed by atoms with van der Waals surface area (Å²) in [4.78, 5) is 11.3. The number of phenols is 1. The van der Waals surface area contributed by atoms with Gasteiger partial charge in [0.2, 0.25) is 5.91 Å². The van der Waals surface area contributed by atoms with Gasteiger partial charge in [0.1, 0.15) is 5.75 Å². The van der Waals surface area contributed by atoms with Crippen LogP contribution in [0.4, 0.5) is 5.69 Å². The third-order valence-corrected chi connectivity index (χ3v) is 3.91. The SMILES string of the molecule is CC(=O)Nc1c(O)ccc(Br)c1C1CCNCC1. The largest absolute Gasteiger partial charge is 0.506 e. The first-order valence-corrected chi connectivity index (χ1v) is 6.88. The van der Waals surface area contributed by atoms with Crippen molar-refractivity contribution in [1.82, 2.24) is 5.32 Å². The highest BCUT2D eigenvalue weighted by Gasteiger charge is 2.23. The van der Waals surface area contributed by atoms with Crippen molar-refractivity contribution in [3.05, 3.63) is 22.2 Å². The van der Waals surface area contributed by atoms with Gasteiger partial charge in [-0.15, -0.1) is 0 Å². The Morgan fingerprint density at radius 2 is 2.11 bits per heavy atom. The summed E-state index contributed by atoms with van der Waals surface area (Å²) in [5, 5.41) is 16.0. The highest BCUT2D eigenvalue weighted by atomic mass is 79.9. The van der Waals surface area contributed by atoms with Gasteiger partial charge in [0, 0.05) is 11.4 Å². The first-order chi connectivity index (χ1) is 8.59. The third-order valence-electron chi connectivity index (χ3n) is 3.22. The van der Waals surface area contributed by atoms with Crippen LogP contribution >= 0.6 is 15.9 Å². The van der Waals surface area contributed by atoms with Crippen molar-refractivity contribution in [1.29, 1.82) is 0 Å². The summed E-state index contributed by atoms with van der Waals surface area (Å²) in [7, 11) is 0. The molecule has 18 heavy (non-hydrogen) atoms. The Hall–Kier alpha value is -1.07. The number of aromatic hydroxyl groups is 1. The van der Waals surface area contributed by atoms with E-state index in [0.29, 0.717) is 11.6 Å². The van der Waals surface area contributed by atoms with E-state index in [9.17, 15) is 9.90 Å². The number of hydrogen-bond donors (Lipinski definition) is 3. The third kappa shape index (κ3) is 2.84. The normalized spacial score (nSPS) is 16.6. The molecule has 1 aliphatic heterocycles. The number of anilines is 1. The van der Waals surface area contributed by atoms with Crippen LogP contribution in [0, 0.1) is 0 Å². The van der Waals surface area contributed by atoms with Gasteiger partial charge >= 0.3 is 0 Å². The standard InChI is InChI=1S/C13H17BrN2O2/c1-8(17)16-13-11(18)3-2-10(14)12(13)9-4-6-15-7-5-9/h2-3,9,15,18H,4-7H2,1H3,(H,16,17). The van der Waals surface area contributed by atoms with Crippen molar-refractivity contribution in [3.63, 3.8) is 0 Å². The van der Waals surface area contributed by atoms with Crippen LogP contribution in [-0.4, -0.2) is 24.1 Å². The summed E-state index contributed by atoms with van der Waals surface area (Å²) in [6.45, 7) is 3.38. The van der Waals surface area contributed by atoms with Crippen LogP contribution < -0.4 is 10.6 Å². The molecule has 0 radical (unpaired) electrons. The molecule has 1 fully saturated rings. The molecule has 1 aromatic carbocycles. The van der Waals surface area contributed by atoms with Crippen molar-refractivity contribution in [3.8, 4) is 5.75 Å². The van der Waals surface area contributed by atoms with E-state index in [-0.39, 0.29) is 11.7 Å². The average Bonchev–Trinajstić information content (AvgIpc) is 2.35. The molecule has 4 nitrogen and oxygen atoms in total. The molecule has 0 saturated carbocycles. The number of amides is 1. The number of benzene rings is 1. The molecular formula is C13H17BrN2O2. The van der Waals surface area contributed by atoms with Gasteiger partial charge in [-0.3, -0.25) is 4.79 Å². The van der Waals surface area contributed by atoms with Crippen LogP contribution in [0.3, 0.4) is 0 Å². The van der Waals surface area contributed by atoms with Crippen molar-refractivity contribution in [2.24, 2.45) is 0 Å². The maximum atomic E-state index is 11.3. The van der Waals surface area contributed by atoms with Crippen LogP contribution in [0.25, 0.3) is 0 Å². The van der Waals surface area contributed by atoms with Crippen LogP contribution in [-0.2, 0) is 4.79 Å². The summed E-state index contributed by atoms with van der Waals surface area (Å²) in [5.74, 6) is 0.315. The smallest absolute Gasteiger partial charge is 0.221 e. The van der Waals surface area contributed by atoms with Crippen LogP contribution in [0.15, 0.2) is 16.6 Å². The van der Waals surface area contributed by atoms with E-state index in [1.807, 2.05) is 6.07 Å². The van der Waals surface area contributed by atoms with E-state index in [4.69, 9.17) is 0 Å². The number of nitrogens with one attached hydrogen (secondary N) is 2. The number of rotatable bonds is 2. The lowest BCUT2D eigenvalue weighted by Crippen LogP contribution is -2.27. The molecule has 1 saturated heterocycles. The molecule has 0 bridgehead atoms. The molecule has 0 atom stereocenters. The molecule has 0 spiro atoms. The quantitative estimate of drug-likeness (QED) is 0.736. The lowest BCUT2D eigenvalue weighted by Gasteiger charge is -2.26. The molecule has 98 valence electrons. The van der Waals surface area contributed by atoms with Crippen molar-refractivity contribution >= 4 is 27.5 Å². The molecule has 5 heteroatoms. The zero-order valence-corrected chi connectivity index (χ0v) is 11.9. The maximum absolute atomic E-state index is 11.3. The molecule has 0 aromatic heterocycles. The predicted molar refractivity (Wildman–Crippen MR) is 75.0 cm³/mol. The van der Waals surface area contributed by atoms with E-state index in [0.717, 1.165) is 36.0 Å². The zero-order valence-electron chi connectivity index (χ0n) is 10.3. The zero-order chi connectivity index (χ0) is 13.1.